The predicted molar refractivity (Wildman–Crippen MR) is 77.1 cm³/mol. The number of nitrogens with one attached hydrogen (secondary N) is 1. The third-order valence-electron chi connectivity index (χ3n) is 4.52. The minimum atomic E-state index is -0.503. The van der Waals surface area contributed by atoms with E-state index in [4.69, 9.17) is 0 Å². The molecule has 2 N–H and O–H groups in total. The lowest BCUT2D eigenvalue weighted by atomic mass is 9.84. The van der Waals surface area contributed by atoms with Gasteiger partial charge in [0.1, 0.15) is 0 Å². The predicted octanol–water partition coefficient (Wildman–Crippen LogP) is 2.38. The number of rotatable bonds is 4. The van der Waals surface area contributed by atoms with E-state index < -0.39 is 5.60 Å². The Bertz CT molecular complexity index is 433. The Morgan fingerprint density at radius 3 is 2.47 bits per heavy atom. The van der Waals surface area contributed by atoms with Gasteiger partial charge in [-0.25, -0.2) is 0 Å². The van der Waals surface area contributed by atoms with Crippen LogP contribution in [0.15, 0.2) is 0 Å². The third-order valence-corrected chi connectivity index (χ3v) is 4.52. The average Bonchev–Trinajstić information content (AvgIpc) is 2.62. The van der Waals surface area contributed by atoms with Gasteiger partial charge in [-0.15, -0.1) is 0 Å². The number of aromatic nitrogens is 2. The fourth-order valence-corrected chi connectivity index (χ4v) is 3.25. The molecule has 108 valence electrons. The van der Waals surface area contributed by atoms with Gasteiger partial charge in [0.05, 0.1) is 11.3 Å². The second kappa shape index (κ2) is 5.63. The zero-order valence-corrected chi connectivity index (χ0v) is 12.7. The maximum Gasteiger partial charge on any atom is 0.0771 e. The molecule has 1 unspecified atom stereocenters. The smallest absolute Gasteiger partial charge is 0.0771 e. The van der Waals surface area contributed by atoms with Crippen LogP contribution in [0.25, 0.3) is 0 Å². The van der Waals surface area contributed by atoms with Gasteiger partial charge in [0.15, 0.2) is 0 Å². The fourth-order valence-electron chi connectivity index (χ4n) is 3.25. The van der Waals surface area contributed by atoms with Gasteiger partial charge in [0, 0.05) is 30.9 Å². The van der Waals surface area contributed by atoms with Gasteiger partial charge in [-0.1, -0.05) is 19.3 Å². The van der Waals surface area contributed by atoms with E-state index in [0.29, 0.717) is 6.54 Å². The van der Waals surface area contributed by atoms with Crippen molar-refractivity contribution >= 4 is 0 Å². The van der Waals surface area contributed by atoms with E-state index >= 15 is 0 Å². The SMILES string of the molecule is Cc1nn(C)c(C)c1C(C)NCC1(O)CCCCC1. The van der Waals surface area contributed by atoms with Crippen LogP contribution in [0.1, 0.15) is 62.0 Å². The molecule has 0 amide bonds. The summed E-state index contributed by atoms with van der Waals surface area (Å²) in [6.45, 7) is 6.99. The van der Waals surface area contributed by atoms with Crippen molar-refractivity contribution < 1.29 is 5.11 Å². The number of aryl methyl sites for hydroxylation is 2. The molecule has 1 fully saturated rings. The molecule has 1 aromatic heterocycles. The summed E-state index contributed by atoms with van der Waals surface area (Å²) < 4.78 is 1.93. The average molecular weight is 265 g/mol. The van der Waals surface area contributed by atoms with E-state index in [0.717, 1.165) is 31.4 Å². The monoisotopic (exact) mass is 265 g/mol. The summed E-state index contributed by atoms with van der Waals surface area (Å²) in [5.74, 6) is 0. The third kappa shape index (κ3) is 3.18. The van der Waals surface area contributed by atoms with E-state index in [9.17, 15) is 5.11 Å². The summed E-state index contributed by atoms with van der Waals surface area (Å²) in [5, 5.41) is 18.5. The molecule has 0 bridgehead atoms. The zero-order chi connectivity index (χ0) is 14.0. The molecule has 2 rings (SSSR count). The summed E-state index contributed by atoms with van der Waals surface area (Å²) in [5.41, 5.74) is 3.04. The lowest BCUT2D eigenvalue weighted by Crippen LogP contribution is -2.43. The Kier molecular flexibility index (Phi) is 4.31. The summed E-state index contributed by atoms with van der Waals surface area (Å²) in [6, 6.07) is 0.236. The van der Waals surface area contributed by atoms with Gasteiger partial charge in [-0.05, 0) is 33.6 Å². The first-order chi connectivity index (χ1) is 8.93. The van der Waals surface area contributed by atoms with Crippen molar-refractivity contribution in [2.24, 2.45) is 7.05 Å². The van der Waals surface area contributed by atoms with E-state index in [2.05, 4.69) is 31.2 Å². The summed E-state index contributed by atoms with van der Waals surface area (Å²) in [6.07, 6.45) is 5.42. The van der Waals surface area contributed by atoms with Crippen molar-refractivity contribution in [1.29, 1.82) is 0 Å². The van der Waals surface area contributed by atoms with Crippen LogP contribution in [0.3, 0.4) is 0 Å². The molecule has 4 nitrogen and oxygen atoms in total. The molecule has 1 aliphatic carbocycles. The minimum absolute atomic E-state index is 0.236. The van der Waals surface area contributed by atoms with Gasteiger partial charge in [-0.3, -0.25) is 4.68 Å². The van der Waals surface area contributed by atoms with E-state index in [1.807, 2.05) is 11.7 Å². The summed E-state index contributed by atoms with van der Waals surface area (Å²) in [4.78, 5) is 0. The molecule has 0 saturated heterocycles. The van der Waals surface area contributed by atoms with Crippen LogP contribution < -0.4 is 5.32 Å². The van der Waals surface area contributed by atoms with Crippen LogP contribution in [0.5, 0.6) is 0 Å². The van der Waals surface area contributed by atoms with Gasteiger partial charge < -0.3 is 10.4 Å². The highest BCUT2D eigenvalue weighted by atomic mass is 16.3. The highest BCUT2D eigenvalue weighted by Crippen LogP contribution is 2.28. The molecular weight excluding hydrogens is 238 g/mol. The summed E-state index contributed by atoms with van der Waals surface area (Å²) >= 11 is 0. The summed E-state index contributed by atoms with van der Waals surface area (Å²) in [7, 11) is 1.98. The van der Waals surface area contributed by atoms with E-state index in [1.165, 1.54) is 17.7 Å². The molecule has 0 radical (unpaired) electrons. The van der Waals surface area contributed by atoms with Crippen molar-refractivity contribution in [3.63, 3.8) is 0 Å². The standard InChI is InChI=1S/C15H27N3O/c1-11(14-12(2)17-18(4)13(14)3)16-10-15(19)8-6-5-7-9-15/h11,16,19H,5-10H2,1-4H3. The van der Waals surface area contributed by atoms with Crippen molar-refractivity contribution in [3.05, 3.63) is 17.0 Å². The van der Waals surface area contributed by atoms with Crippen molar-refractivity contribution in [2.45, 2.75) is 64.5 Å². The molecule has 1 aromatic rings. The van der Waals surface area contributed by atoms with Gasteiger partial charge in [0.2, 0.25) is 0 Å². The van der Waals surface area contributed by atoms with Gasteiger partial charge >= 0.3 is 0 Å². The topological polar surface area (TPSA) is 50.1 Å². The van der Waals surface area contributed by atoms with Crippen molar-refractivity contribution in [2.75, 3.05) is 6.54 Å². The van der Waals surface area contributed by atoms with Crippen molar-refractivity contribution in [1.82, 2.24) is 15.1 Å². The van der Waals surface area contributed by atoms with Crippen LogP contribution in [-0.4, -0.2) is 27.0 Å². The second-order valence-electron chi connectivity index (χ2n) is 6.10. The normalized spacial score (nSPS) is 20.5. The highest BCUT2D eigenvalue weighted by molar-refractivity contribution is 5.27. The molecule has 0 aliphatic heterocycles. The molecule has 19 heavy (non-hydrogen) atoms. The number of hydrogen-bond donors (Lipinski definition) is 2. The van der Waals surface area contributed by atoms with Crippen LogP contribution in [0, 0.1) is 13.8 Å². The van der Waals surface area contributed by atoms with E-state index in [-0.39, 0.29) is 6.04 Å². The Labute approximate surface area is 116 Å². The Balaban J connectivity index is 1.99. The maximum atomic E-state index is 10.5. The van der Waals surface area contributed by atoms with Crippen LogP contribution in [0.2, 0.25) is 0 Å². The fraction of sp³-hybridized carbons (Fsp3) is 0.800. The molecule has 4 heteroatoms. The minimum Gasteiger partial charge on any atom is -0.389 e. The van der Waals surface area contributed by atoms with Crippen LogP contribution >= 0.6 is 0 Å². The zero-order valence-electron chi connectivity index (χ0n) is 12.7. The molecule has 0 aromatic carbocycles. The van der Waals surface area contributed by atoms with Crippen molar-refractivity contribution in [3.8, 4) is 0 Å². The molecular formula is C15H27N3O. The van der Waals surface area contributed by atoms with Gasteiger partial charge in [-0.2, -0.15) is 5.10 Å². The molecule has 1 heterocycles. The Hall–Kier alpha value is -0.870. The Morgan fingerprint density at radius 2 is 1.95 bits per heavy atom. The lowest BCUT2D eigenvalue weighted by Gasteiger charge is -2.33. The largest absolute Gasteiger partial charge is 0.389 e. The first-order valence-electron chi connectivity index (χ1n) is 7.39. The first-order valence-corrected chi connectivity index (χ1v) is 7.39. The lowest BCUT2D eigenvalue weighted by molar-refractivity contribution is 0.00297. The number of nitrogens with zero attached hydrogens (tertiary/aromatic N) is 2. The number of hydrogen-bond acceptors (Lipinski definition) is 3. The van der Waals surface area contributed by atoms with Crippen LogP contribution in [-0.2, 0) is 7.05 Å². The quantitative estimate of drug-likeness (QED) is 0.879. The highest BCUT2D eigenvalue weighted by Gasteiger charge is 2.29. The second-order valence-corrected chi connectivity index (χ2v) is 6.10. The number of aliphatic hydroxyl groups is 1. The molecule has 1 aliphatic rings. The molecule has 0 spiro atoms. The molecule has 1 atom stereocenters. The van der Waals surface area contributed by atoms with Gasteiger partial charge in [0.25, 0.3) is 0 Å². The molecule has 1 saturated carbocycles. The maximum absolute atomic E-state index is 10.5. The van der Waals surface area contributed by atoms with E-state index in [1.54, 1.807) is 0 Å². The van der Waals surface area contributed by atoms with Crippen LogP contribution in [0.4, 0.5) is 0 Å². The Morgan fingerprint density at radius 1 is 1.32 bits per heavy atom. The first kappa shape index (κ1) is 14.5.